The lowest BCUT2D eigenvalue weighted by molar-refractivity contribution is -0.117. The molecule has 0 saturated heterocycles. The van der Waals surface area contributed by atoms with Crippen molar-refractivity contribution in [2.24, 2.45) is 10.7 Å². The molecular weight excluding hydrogens is 274 g/mol. The van der Waals surface area contributed by atoms with Crippen molar-refractivity contribution < 1.29 is 14.3 Å². The first kappa shape index (κ1) is 14.6. The number of guanidine groups is 1. The van der Waals surface area contributed by atoms with Gasteiger partial charge in [0.15, 0.2) is 0 Å². The number of rotatable bonds is 4. The molecule has 4 N–H and O–H groups in total. The molecule has 0 aliphatic carbocycles. The minimum atomic E-state index is -0.606. The number of methoxy groups -OCH3 is 1. The van der Waals surface area contributed by atoms with Gasteiger partial charge in [-0.1, -0.05) is 0 Å². The van der Waals surface area contributed by atoms with E-state index < -0.39 is 11.9 Å². The SMILES string of the molecule is COc1ccc(N2CCN=C2NC(=O)NCC(N)=O)cc1. The first-order valence-electron chi connectivity index (χ1n) is 6.39. The van der Waals surface area contributed by atoms with Crippen molar-refractivity contribution in [3.63, 3.8) is 0 Å². The zero-order valence-corrected chi connectivity index (χ0v) is 11.6. The minimum Gasteiger partial charge on any atom is -0.497 e. The Labute approximate surface area is 122 Å². The van der Waals surface area contributed by atoms with Crippen molar-refractivity contribution in [2.45, 2.75) is 0 Å². The van der Waals surface area contributed by atoms with Gasteiger partial charge in [0.1, 0.15) is 5.75 Å². The van der Waals surface area contributed by atoms with Gasteiger partial charge in [-0.25, -0.2) is 4.79 Å². The van der Waals surface area contributed by atoms with Crippen molar-refractivity contribution in [1.82, 2.24) is 10.6 Å². The number of anilines is 1. The van der Waals surface area contributed by atoms with Gasteiger partial charge >= 0.3 is 6.03 Å². The van der Waals surface area contributed by atoms with Crippen LogP contribution >= 0.6 is 0 Å². The van der Waals surface area contributed by atoms with Crippen LogP contribution in [0.3, 0.4) is 0 Å². The lowest BCUT2D eigenvalue weighted by Gasteiger charge is -2.20. The van der Waals surface area contributed by atoms with E-state index in [1.165, 1.54) is 0 Å². The van der Waals surface area contributed by atoms with Crippen molar-refractivity contribution in [2.75, 3.05) is 31.6 Å². The summed E-state index contributed by atoms with van der Waals surface area (Å²) in [6, 6.07) is 6.90. The van der Waals surface area contributed by atoms with Crippen molar-refractivity contribution in [3.8, 4) is 5.75 Å². The van der Waals surface area contributed by atoms with Gasteiger partial charge in [0.25, 0.3) is 0 Å². The number of nitrogens with two attached hydrogens (primary N) is 1. The molecule has 0 saturated carbocycles. The third-order valence-corrected chi connectivity index (χ3v) is 2.87. The quantitative estimate of drug-likeness (QED) is 0.704. The molecule has 0 fully saturated rings. The Morgan fingerprint density at radius 1 is 1.38 bits per heavy atom. The standard InChI is InChI=1S/C13H17N5O3/c1-21-10-4-2-9(3-5-10)18-7-6-15-12(18)17-13(20)16-8-11(14)19/h2-5H,6-8H2,1H3,(H2,14,19)(H2,15,16,17,20). The van der Waals surface area contributed by atoms with Crippen LogP contribution in [0.25, 0.3) is 0 Å². The van der Waals surface area contributed by atoms with Crippen LogP contribution in [0.15, 0.2) is 29.3 Å². The topological polar surface area (TPSA) is 109 Å². The Morgan fingerprint density at radius 2 is 2.10 bits per heavy atom. The highest BCUT2D eigenvalue weighted by Crippen LogP contribution is 2.20. The van der Waals surface area contributed by atoms with Gasteiger partial charge in [0.2, 0.25) is 11.9 Å². The van der Waals surface area contributed by atoms with Gasteiger partial charge < -0.3 is 20.7 Å². The first-order chi connectivity index (χ1) is 10.1. The summed E-state index contributed by atoms with van der Waals surface area (Å²) in [6.07, 6.45) is 0. The number of nitrogens with one attached hydrogen (secondary N) is 2. The number of hydrogen-bond acceptors (Lipinski definition) is 5. The van der Waals surface area contributed by atoms with Gasteiger partial charge in [0.05, 0.1) is 20.2 Å². The fourth-order valence-corrected chi connectivity index (χ4v) is 1.88. The highest BCUT2D eigenvalue weighted by Gasteiger charge is 2.20. The van der Waals surface area contributed by atoms with Crippen molar-refractivity contribution >= 4 is 23.6 Å². The Morgan fingerprint density at radius 3 is 2.71 bits per heavy atom. The molecule has 8 heteroatoms. The van der Waals surface area contributed by atoms with E-state index >= 15 is 0 Å². The molecule has 1 aromatic carbocycles. The summed E-state index contributed by atoms with van der Waals surface area (Å²) in [5, 5.41) is 4.95. The van der Waals surface area contributed by atoms with E-state index in [2.05, 4.69) is 15.6 Å². The lowest BCUT2D eigenvalue weighted by Crippen LogP contribution is -2.48. The molecule has 112 valence electrons. The number of primary amides is 1. The summed E-state index contributed by atoms with van der Waals surface area (Å²) in [5.41, 5.74) is 5.85. The predicted octanol–water partition coefficient (Wildman–Crippen LogP) is -0.344. The number of hydrogen-bond donors (Lipinski definition) is 3. The van der Waals surface area contributed by atoms with E-state index in [1.807, 2.05) is 29.2 Å². The number of aliphatic imine (C=N–C) groups is 1. The number of carbonyl (C=O) groups is 2. The average Bonchev–Trinajstić information content (AvgIpc) is 2.93. The fourth-order valence-electron chi connectivity index (χ4n) is 1.88. The molecule has 0 spiro atoms. The van der Waals surface area contributed by atoms with Crippen LogP contribution in [0.5, 0.6) is 5.75 Å². The second-order valence-corrected chi connectivity index (χ2v) is 4.33. The third kappa shape index (κ3) is 3.85. The molecule has 0 bridgehead atoms. The van der Waals surface area contributed by atoms with Gasteiger partial charge in [-0.15, -0.1) is 0 Å². The van der Waals surface area contributed by atoms with Crippen LogP contribution in [0.2, 0.25) is 0 Å². The normalized spacial score (nSPS) is 13.6. The number of carbonyl (C=O) groups excluding carboxylic acids is 2. The van der Waals surface area contributed by atoms with Crippen LogP contribution in [0.4, 0.5) is 10.5 Å². The highest BCUT2D eigenvalue weighted by molar-refractivity contribution is 6.06. The molecule has 1 aliphatic heterocycles. The summed E-state index contributed by atoms with van der Waals surface area (Å²) in [6.45, 7) is 1.02. The van der Waals surface area contributed by atoms with Gasteiger partial charge in [-0.2, -0.15) is 0 Å². The Bertz CT molecular complexity index is 555. The van der Waals surface area contributed by atoms with Crippen LogP contribution in [-0.4, -0.2) is 44.6 Å². The Kier molecular flexibility index (Phi) is 4.60. The molecular formula is C13H17N5O3. The summed E-state index contributed by atoms with van der Waals surface area (Å²) >= 11 is 0. The van der Waals surface area contributed by atoms with E-state index in [-0.39, 0.29) is 6.54 Å². The molecule has 2 rings (SSSR count). The van der Waals surface area contributed by atoms with E-state index in [1.54, 1.807) is 7.11 Å². The largest absolute Gasteiger partial charge is 0.497 e. The molecule has 1 aliphatic rings. The molecule has 1 heterocycles. The van der Waals surface area contributed by atoms with Crippen LogP contribution in [0, 0.1) is 0 Å². The average molecular weight is 291 g/mol. The van der Waals surface area contributed by atoms with E-state index in [9.17, 15) is 9.59 Å². The number of nitrogens with zero attached hydrogens (tertiary/aromatic N) is 2. The van der Waals surface area contributed by atoms with Gasteiger partial charge in [-0.05, 0) is 24.3 Å². The Hall–Kier alpha value is -2.77. The Balaban J connectivity index is 1.99. The molecule has 21 heavy (non-hydrogen) atoms. The highest BCUT2D eigenvalue weighted by atomic mass is 16.5. The second-order valence-electron chi connectivity index (χ2n) is 4.33. The molecule has 0 radical (unpaired) electrons. The van der Waals surface area contributed by atoms with Crippen molar-refractivity contribution in [3.05, 3.63) is 24.3 Å². The van der Waals surface area contributed by atoms with Gasteiger partial charge in [-0.3, -0.25) is 15.1 Å². The number of urea groups is 1. The first-order valence-corrected chi connectivity index (χ1v) is 6.39. The molecule has 0 aromatic heterocycles. The zero-order valence-electron chi connectivity index (χ0n) is 11.6. The summed E-state index contributed by atoms with van der Waals surface area (Å²) in [7, 11) is 1.60. The van der Waals surface area contributed by atoms with Crippen molar-refractivity contribution in [1.29, 1.82) is 0 Å². The smallest absolute Gasteiger partial charge is 0.321 e. The molecule has 0 atom stereocenters. The molecule has 0 unspecified atom stereocenters. The number of benzene rings is 1. The van der Waals surface area contributed by atoms with Gasteiger partial charge in [0, 0.05) is 12.2 Å². The molecule has 8 nitrogen and oxygen atoms in total. The zero-order chi connectivity index (χ0) is 15.2. The monoisotopic (exact) mass is 291 g/mol. The fraction of sp³-hybridized carbons (Fsp3) is 0.308. The van der Waals surface area contributed by atoms with E-state index in [0.717, 1.165) is 11.4 Å². The minimum absolute atomic E-state index is 0.221. The lowest BCUT2D eigenvalue weighted by atomic mass is 10.3. The second kappa shape index (κ2) is 6.60. The summed E-state index contributed by atoms with van der Waals surface area (Å²) in [4.78, 5) is 28.3. The maximum Gasteiger partial charge on any atom is 0.321 e. The maximum absolute atomic E-state index is 11.6. The van der Waals surface area contributed by atoms with E-state index in [0.29, 0.717) is 19.0 Å². The third-order valence-electron chi connectivity index (χ3n) is 2.87. The van der Waals surface area contributed by atoms with Crippen LogP contribution < -0.4 is 26.0 Å². The maximum atomic E-state index is 11.6. The molecule has 3 amide bonds. The predicted molar refractivity (Wildman–Crippen MR) is 78.4 cm³/mol. The number of amides is 3. The number of ether oxygens (including phenoxy) is 1. The van der Waals surface area contributed by atoms with Crippen LogP contribution in [-0.2, 0) is 4.79 Å². The van der Waals surface area contributed by atoms with E-state index in [4.69, 9.17) is 10.5 Å². The molecule has 1 aromatic rings. The van der Waals surface area contributed by atoms with Crippen LogP contribution in [0.1, 0.15) is 0 Å². The summed E-state index contributed by atoms with van der Waals surface area (Å²) in [5.74, 6) is 0.580. The summed E-state index contributed by atoms with van der Waals surface area (Å²) < 4.78 is 5.11.